The Balaban J connectivity index is 1.96. The molecule has 2 rings (SSSR count). The number of carbonyl (C=O) groups is 1. The van der Waals surface area contributed by atoms with Crippen LogP contribution in [-0.4, -0.2) is 12.1 Å². The molecule has 1 fully saturated rings. The normalized spacial score (nSPS) is 15.4. The molecule has 1 aliphatic rings. The molecule has 3 heteroatoms. The van der Waals surface area contributed by atoms with E-state index in [1.807, 2.05) is 32.0 Å². The minimum absolute atomic E-state index is 0.0848. The van der Waals surface area contributed by atoms with Gasteiger partial charge in [0.2, 0.25) is 0 Å². The molecule has 0 bridgehead atoms. The number of benzene rings is 1. The first-order valence-corrected chi connectivity index (χ1v) is 5.80. The van der Waals surface area contributed by atoms with E-state index in [0.29, 0.717) is 6.04 Å². The van der Waals surface area contributed by atoms with E-state index in [-0.39, 0.29) is 6.03 Å². The minimum atomic E-state index is -0.0848. The van der Waals surface area contributed by atoms with Crippen LogP contribution in [0.3, 0.4) is 0 Å². The number of hydrogen-bond donors (Lipinski definition) is 2. The Morgan fingerprint density at radius 1 is 1.31 bits per heavy atom. The summed E-state index contributed by atoms with van der Waals surface area (Å²) >= 11 is 0. The highest BCUT2D eigenvalue weighted by Crippen LogP contribution is 2.19. The van der Waals surface area contributed by atoms with E-state index in [0.717, 1.165) is 29.7 Å². The van der Waals surface area contributed by atoms with Crippen LogP contribution in [0.15, 0.2) is 18.2 Å². The SMILES string of the molecule is Cc1ccc(C)c(NC(=O)NC2CCC2)c1. The van der Waals surface area contributed by atoms with E-state index in [2.05, 4.69) is 10.6 Å². The molecule has 0 aromatic heterocycles. The maximum atomic E-state index is 11.7. The Morgan fingerprint density at radius 2 is 2.06 bits per heavy atom. The lowest BCUT2D eigenvalue weighted by atomic mass is 9.93. The molecule has 3 nitrogen and oxygen atoms in total. The Labute approximate surface area is 96.2 Å². The monoisotopic (exact) mass is 218 g/mol. The number of rotatable bonds is 2. The van der Waals surface area contributed by atoms with Crippen LogP contribution in [0.1, 0.15) is 30.4 Å². The lowest BCUT2D eigenvalue weighted by Crippen LogP contribution is -2.41. The zero-order valence-electron chi connectivity index (χ0n) is 9.84. The third kappa shape index (κ3) is 2.54. The molecular formula is C13H18N2O. The van der Waals surface area contributed by atoms with Crippen molar-refractivity contribution in [3.63, 3.8) is 0 Å². The maximum Gasteiger partial charge on any atom is 0.319 e. The third-order valence-electron chi connectivity index (χ3n) is 3.08. The van der Waals surface area contributed by atoms with Crippen molar-refractivity contribution in [1.29, 1.82) is 0 Å². The van der Waals surface area contributed by atoms with E-state index in [1.54, 1.807) is 0 Å². The molecule has 0 atom stereocenters. The first kappa shape index (κ1) is 11.0. The van der Waals surface area contributed by atoms with Gasteiger partial charge in [-0.25, -0.2) is 4.79 Å². The van der Waals surface area contributed by atoms with Crippen molar-refractivity contribution in [3.8, 4) is 0 Å². The zero-order valence-corrected chi connectivity index (χ0v) is 9.84. The van der Waals surface area contributed by atoms with Crippen molar-refractivity contribution in [2.24, 2.45) is 0 Å². The number of nitrogens with one attached hydrogen (secondary N) is 2. The summed E-state index contributed by atoms with van der Waals surface area (Å²) in [6.45, 7) is 4.02. The molecule has 0 radical (unpaired) electrons. The Bertz CT molecular complexity index is 397. The molecule has 1 saturated carbocycles. The minimum Gasteiger partial charge on any atom is -0.335 e. The highest BCUT2D eigenvalue weighted by Gasteiger charge is 2.19. The van der Waals surface area contributed by atoms with Crippen LogP contribution in [0.4, 0.5) is 10.5 Å². The van der Waals surface area contributed by atoms with Gasteiger partial charge in [0.1, 0.15) is 0 Å². The average molecular weight is 218 g/mol. The van der Waals surface area contributed by atoms with Gasteiger partial charge >= 0.3 is 6.03 Å². The lowest BCUT2D eigenvalue weighted by molar-refractivity contribution is 0.240. The van der Waals surface area contributed by atoms with Gasteiger partial charge in [0.15, 0.2) is 0 Å². The molecule has 16 heavy (non-hydrogen) atoms. The number of urea groups is 1. The van der Waals surface area contributed by atoms with Crippen molar-refractivity contribution < 1.29 is 4.79 Å². The first-order chi connectivity index (χ1) is 7.65. The fraction of sp³-hybridized carbons (Fsp3) is 0.462. The Morgan fingerprint density at radius 3 is 2.69 bits per heavy atom. The second-order valence-electron chi connectivity index (χ2n) is 4.54. The molecule has 0 spiro atoms. The second kappa shape index (κ2) is 4.56. The van der Waals surface area contributed by atoms with Gasteiger partial charge in [-0.1, -0.05) is 12.1 Å². The van der Waals surface area contributed by atoms with Crippen molar-refractivity contribution in [2.75, 3.05) is 5.32 Å². The van der Waals surface area contributed by atoms with Gasteiger partial charge in [-0.15, -0.1) is 0 Å². The van der Waals surface area contributed by atoms with Crippen molar-refractivity contribution >= 4 is 11.7 Å². The van der Waals surface area contributed by atoms with Crippen LogP contribution in [0.5, 0.6) is 0 Å². The summed E-state index contributed by atoms with van der Waals surface area (Å²) in [5.41, 5.74) is 3.15. The molecule has 0 aliphatic heterocycles. The van der Waals surface area contributed by atoms with E-state index >= 15 is 0 Å². The molecule has 0 heterocycles. The summed E-state index contributed by atoms with van der Waals surface area (Å²) in [4.78, 5) is 11.7. The molecule has 0 unspecified atom stereocenters. The summed E-state index contributed by atoms with van der Waals surface area (Å²) in [6.07, 6.45) is 3.45. The molecule has 0 saturated heterocycles. The van der Waals surface area contributed by atoms with E-state index in [9.17, 15) is 4.79 Å². The number of carbonyl (C=O) groups excluding carboxylic acids is 1. The van der Waals surface area contributed by atoms with Crippen molar-refractivity contribution in [1.82, 2.24) is 5.32 Å². The van der Waals surface area contributed by atoms with Crippen LogP contribution in [0.2, 0.25) is 0 Å². The topological polar surface area (TPSA) is 41.1 Å². The van der Waals surface area contributed by atoms with E-state index < -0.39 is 0 Å². The molecule has 86 valence electrons. The van der Waals surface area contributed by atoms with E-state index in [1.165, 1.54) is 6.42 Å². The van der Waals surface area contributed by atoms with Crippen LogP contribution in [0, 0.1) is 13.8 Å². The number of hydrogen-bond acceptors (Lipinski definition) is 1. The Hall–Kier alpha value is -1.51. The molecular weight excluding hydrogens is 200 g/mol. The quantitative estimate of drug-likeness (QED) is 0.787. The molecule has 2 N–H and O–H groups in total. The largest absolute Gasteiger partial charge is 0.335 e. The van der Waals surface area contributed by atoms with Crippen LogP contribution in [-0.2, 0) is 0 Å². The summed E-state index contributed by atoms with van der Waals surface area (Å²) < 4.78 is 0. The molecule has 1 aromatic rings. The van der Waals surface area contributed by atoms with Crippen LogP contribution >= 0.6 is 0 Å². The fourth-order valence-electron chi connectivity index (χ4n) is 1.77. The predicted molar refractivity (Wildman–Crippen MR) is 65.7 cm³/mol. The van der Waals surface area contributed by atoms with Crippen LogP contribution < -0.4 is 10.6 Å². The summed E-state index contributed by atoms with van der Waals surface area (Å²) in [5, 5.41) is 5.86. The number of aryl methyl sites for hydroxylation is 2. The smallest absolute Gasteiger partial charge is 0.319 e. The maximum absolute atomic E-state index is 11.7. The van der Waals surface area contributed by atoms with Gasteiger partial charge < -0.3 is 10.6 Å². The van der Waals surface area contributed by atoms with Crippen molar-refractivity contribution in [2.45, 2.75) is 39.2 Å². The van der Waals surface area contributed by atoms with Crippen LogP contribution in [0.25, 0.3) is 0 Å². The number of anilines is 1. The number of amides is 2. The van der Waals surface area contributed by atoms with E-state index in [4.69, 9.17) is 0 Å². The van der Waals surface area contributed by atoms with Gasteiger partial charge in [-0.2, -0.15) is 0 Å². The standard InChI is InChI=1S/C13H18N2O/c1-9-6-7-10(2)12(8-9)15-13(16)14-11-4-3-5-11/h6-8,11H,3-5H2,1-2H3,(H2,14,15,16). The Kier molecular flexibility index (Phi) is 3.13. The highest BCUT2D eigenvalue weighted by atomic mass is 16.2. The first-order valence-electron chi connectivity index (χ1n) is 5.80. The van der Waals surface area contributed by atoms with Gasteiger partial charge in [0.25, 0.3) is 0 Å². The fourth-order valence-corrected chi connectivity index (χ4v) is 1.77. The van der Waals surface area contributed by atoms with Gasteiger partial charge in [0, 0.05) is 11.7 Å². The zero-order chi connectivity index (χ0) is 11.5. The average Bonchev–Trinajstić information content (AvgIpc) is 2.18. The van der Waals surface area contributed by atoms with Gasteiger partial charge in [-0.3, -0.25) is 0 Å². The predicted octanol–water partition coefficient (Wildman–Crippen LogP) is 2.98. The van der Waals surface area contributed by atoms with Gasteiger partial charge in [-0.05, 0) is 50.3 Å². The second-order valence-corrected chi connectivity index (χ2v) is 4.54. The third-order valence-corrected chi connectivity index (χ3v) is 3.08. The summed E-state index contributed by atoms with van der Waals surface area (Å²) in [5.74, 6) is 0. The molecule has 1 aromatic carbocycles. The highest BCUT2D eigenvalue weighted by molar-refractivity contribution is 5.90. The lowest BCUT2D eigenvalue weighted by Gasteiger charge is -2.26. The summed E-state index contributed by atoms with van der Waals surface area (Å²) in [7, 11) is 0. The molecule has 2 amide bonds. The summed E-state index contributed by atoms with van der Waals surface area (Å²) in [6, 6.07) is 6.36. The van der Waals surface area contributed by atoms with Gasteiger partial charge in [0.05, 0.1) is 0 Å². The van der Waals surface area contributed by atoms with Crippen molar-refractivity contribution in [3.05, 3.63) is 29.3 Å². The molecule has 1 aliphatic carbocycles.